The molecule has 1 heteroatoms. The number of hydrogen-bond acceptors (Lipinski definition) is 1. The molecule has 1 spiro atoms. The summed E-state index contributed by atoms with van der Waals surface area (Å²) in [5.74, 6) is 1.78. The van der Waals surface area contributed by atoms with Crippen molar-refractivity contribution in [3.63, 3.8) is 0 Å². The highest BCUT2D eigenvalue weighted by Crippen LogP contribution is 2.63. The number of rotatable bonds is 1. The maximum Gasteiger partial charge on any atom is 0.00441 e. The molecule has 0 bridgehead atoms. The Morgan fingerprint density at radius 1 is 1.45 bits per heavy atom. The normalized spacial score (nSPS) is 42.8. The average Bonchev–Trinajstić information content (AvgIpc) is 2.54. The van der Waals surface area contributed by atoms with Gasteiger partial charge < -0.3 is 5.73 Å². The first kappa shape index (κ1) is 7.60. The highest BCUT2D eigenvalue weighted by molar-refractivity contribution is 5.06. The molecule has 3 atom stereocenters. The third kappa shape index (κ3) is 1.10. The van der Waals surface area contributed by atoms with Gasteiger partial charge in [0.05, 0.1) is 0 Å². The number of hydrogen-bond donors (Lipinski definition) is 1. The SMILES string of the molecule is CC1CC([C@@H](C)N)C2(CC2)C1. The minimum Gasteiger partial charge on any atom is -0.328 e. The first-order chi connectivity index (χ1) is 5.14. The van der Waals surface area contributed by atoms with Crippen molar-refractivity contribution in [2.75, 3.05) is 0 Å². The van der Waals surface area contributed by atoms with Crippen molar-refractivity contribution < 1.29 is 0 Å². The van der Waals surface area contributed by atoms with Crippen molar-refractivity contribution in [2.24, 2.45) is 23.0 Å². The van der Waals surface area contributed by atoms with Crippen molar-refractivity contribution in [1.82, 2.24) is 0 Å². The topological polar surface area (TPSA) is 26.0 Å². The van der Waals surface area contributed by atoms with Crippen LogP contribution in [0.1, 0.15) is 39.5 Å². The molecule has 2 aliphatic rings. The lowest BCUT2D eigenvalue weighted by atomic mass is 9.87. The Kier molecular flexibility index (Phi) is 1.54. The maximum atomic E-state index is 5.98. The predicted molar refractivity (Wildman–Crippen MR) is 47.2 cm³/mol. The Morgan fingerprint density at radius 3 is 2.45 bits per heavy atom. The van der Waals surface area contributed by atoms with E-state index in [1.807, 2.05) is 0 Å². The largest absolute Gasteiger partial charge is 0.328 e. The Bertz CT molecular complexity index is 158. The van der Waals surface area contributed by atoms with Crippen LogP contribution in [-0.4, -0.2) is 6.04 Å². The minimum absolute atomic E-state index is 0.433. The number of nitrogens with two attached hydrogens (primary N) is 1. The third-order valence-corrected chi connectivity index (χ3v) is 3.72. The van der Waals surface area contributed by atoms with E-state index in [2.05, 4.69) is 13.8 Å². The van der Waals surface area contributed by atoms with Crippen LogP contribution in [0.2, 0.25) is 0 Å². The molecule has 0 saturated heterocycles. The molecule has 0 heterocycles. The average molecular weight is 153 g/mol. The highest BCUT2D eigenvalue weighted by atomic mass is 14.7. The fourth-order valence-electron chi connectivity index (χ4n) is 3.12. The van der Waals surface area contributed by atoms with Crippen LogP contribution in [0.5, 0.6) is 0 Å². The lowest BCUT2D eigenvalue weighted by Gasteiger charge is -2.21. The Labute approximate surface area is 69.4 Å². The van der Waals surface area contributed by atoms with E-state index in [0.29, 0.717) is 6.04 Å². The molecule has 0 aromatic carbocycles. The molecule has 2 rings (SSSR count). The van der Waals surface area contributed by atoms with E-state index in [1.165, 1.54) is 25.7 Å². The van der Waals surface area contributed by atoms with Gasteiger partial charge in [0.25, 0.3) is 0 Å². The molecule has 0 radical (unpaired) electrons. The molecule has 2 fully saturated rings. The van der Waals surface area contributed by atoms with Gasteiger partial charge in [0.2, 0.25) is 0 Å². The zero-order chi connectivity index (χ0) is 8.06. The van der Waals surface area contributed by atoms with E-state index < -0.39 is 0 Å². The van der Waals surface area contributed by atoms with Crippen LogP contribution in [0, 0.1) is 17.3 Å². The molecule has 0 aliphatic heterocycles. The summed E-state index contributed by atoms with van der Waals surface area (Å²) in [7, 11) is 0. The molecule has 64 valence electrons. The van der Waals surface area contributed by atoms with E-state index in [0.717, 1.165) is 17.3 Å². The third-order valence-electron chi connectivity index (χ3n) is 3.72. The van der Waals surface area contributed by atoms with Gasteiger partial charge in [-0.1, -0.05) is 6.92 Å². The van der Waals surface area contributed by atoms with Crippen LogP contribution in [-0.2, 0) is 0 Å². The highest BCUT2D eigenvalue weighted by Gasteiger charge is 2.54. The van der Waals surface area contributed by atoms with Crippen LogP contribution in [0.4, 0.5) is 0 Å². The van der Waals surface area contributed by atoms with Crippen LogP contribution in [0.25, 0.3) is 0 Å². The molecule has 1 nitrogen and oxygen atoms in total. The van der Waals surface area contributed by atoms with Gasteiger partial charge in [-0.15, -0.1) is 0 Å². The molecule has 2 N–H and O–H groups in total. The Morgan fingerprint density at radius 2 is 2.09 bits per heavy atom. The van der Waals surface area contributed by atoms with Gasteiger partial charge in [-0.2, -0.15) is 0 Å². The molecule has 0 amide bonds. The lowest BCUT2D eigenvalue weighted by molar-refractivity contribution is 0.317. The van der Waals surface area contributed by atoms with E-state index >= 15 is 0 Å². The molecular formula is C10H19N. The smallest absolute Gasteiger partial charge is 0.00441 e. The summed E-state index contributed by atoms with van der Waals surface area (Å²) in [6.45, 7) is 4.56. The first-order valence-corrected chi connectivity index (χ1v) is 4.90. The standard InChI is InChI=1S/C10H19N/c1-7-5-9(8(2)11)10(6-7)3-4-10/h7-9H,3-6,11H2,1-2H3/t7?,8-,9?/m1/s1. The van der Waals surface area contributed by atoms with Gasteiger partial charge in [0, 0.05) is 6.04 Å². The van der Waals surface area contributed by atoms with Crippen LogP contribution in [0.15, 0.2) is 0 Å². The summed E-state index contributed by atoms with van der Waals surface area (Å²) >= 11 is 0. The van der Waals surface area contributed by atoms with E-state index in [-0.39, 0.29) is 0 Å². The fourth-order valence-corrected chi connectivity index (χ4v) is 3.12. The summed E-state index contributed by atoms with van der Waals surface area (Å²) in [6, 6.07) is 0.433. The summed E-state index contributed by atoms with van der Waals surface area (Å²) < 4.78 is 0. The molecule has 2 aliphatic carbocycles. The van der Waals surface area contributed by atoms with Crippen molar-refractivity contribution in [2.45, 2.75) is 45.6 Å². The quantitative estimate of drug-likeness (QED) is 0.614. The van der Waals surface area contributed by atoms with Crippen molar-refractivity contribution in [3.05, 3.63) is 0 Å². The Hall–Kier alpha value is -0.0400. The van der Waals surface area contributed by atoms with E-state index in [9.17, 15) is 0 Å². The molecule has 2 saturated carbocycles. The lowest BCUT2D eigenvalue weighted by Crippen LogP contribution is -2.30. The molecule has 0 aromatic rings. The first-order valence-electron chi connectivity index (χ1n) is 4.90. The van der Waals surface area contributed by atoms with Gasteiger partial charge in [0.15, 0.2) is 0 Å². The van der Waals surface area contributed by atoms with Crippen molar-refractivity contribution in [3.8, 4) is 0 Å². The zero-order valence-corrected chi connectivity index (χ0v) is 7.64. The molecule has 2 unspecified atom stereocenters. The summed E-state index contributed by atoms with van der Waals surface area (Å²) in [6.07, 6.45) is 5.77. The van der Waals surface area contributed by atoms with Gasteiger partial charge in [-0.3, -0.25) is 0 Å². The van der Waals surface area contributed by atoms with Crippen LogP contribution >= 0.6 is 0 Å². The van der Waals surface area contributed by atoms with Gasteiger partial charge >= 0.3 is 0 Å². The van der Waals surface area contributed by atoms with Gasteiger partial charge in [-0.25, -0.2) is 0 Å². The Balaban J connectivity index is 2.09. The van der Waals surface area contributed by atoms with Gasteiger partial charge in [-0.05, 0) is 49.9 Å². The van der Waals surface area contributed by atoms with Crippen molar-refractivity contribution in [1.29, 1.82) is 0 Å². The van der Waals surface area contributed by atoms with E-state index in [1.54, 1.807) is 0 Å². The zero-order valence-electron chi connectivity index (χ0n) is 7.64. The second kappa shape index (κ2) is 2.22. The second-order valence-electron chi connectivity index (χ2n) is 4.87. The van der Waals surface area contributed by atoms with Crippen molar-refractivity contribution >= 4 is 0 Å². The van der Waals surface area contributed by atoms with Crippen LogP contribution in [0.3, 0.4) is 0 Å². The second-order valence-corrected chi connectivity index (χ2v) is 4.87. The molecule has 11 heavy (non-hydrogen) atoms. The maximum absolute atomic E-state index is 5.98. The van der Waals surface area contributed by atoms with Gasteiger partial charge in [0.1, 0.15) is 0 Å². The minimum atomic E-state index is 0.433. The monoisotopic (exact) mass is 153 g/mol. The van der Waals surface area contributed by atoms with Crippen LogP contribution < -0.4 is 5.73 Å². The predicted octanol–water partition coefficient (Wildman–Crippen LogP) is 2.16. The molecule has 0 aromatic heterocycles. The molecular weight excluding hydrogens is 134 g/mol. The fraction of sp³-hybridized carbons (Fsp3) is 1.00. The summed E-state index contributed by atoms with van der Waals surface area (Å²) in [5.41, 5.74) is 6.71. The van der Waals surface area contributed by atoms with E-state index in [4.69, 9.17) is 5.73 Å². The summed E-state index contributed by atoms with van der Waals surface area (Å²) in [4.78, 5) is 0. The summed E-state index contributed by atoms with van der Waals surface area (Å²) in [5, 5.41) is 0.